The van der Waals surface area contributed by atoms with Crippen molar-refractivity contribution in [1.29, 1.82) is 0 Å². The fourth-order valence-electron chi connectivity index (χ4n) is 3.62. The van der Waals surface area contributed by atoms with Gasteiger partial charge in [0.05, 0.1) is 0 Å². The molecule has 1 atom stereocenters. The zero-order chi connectivity index (χ0) is 17.6. The largest absolute Gasteiger partial charge is 0.444 e. The van der Waals surface area contributed by atoms with Gasteiger partial charge in [-0.3, -0.25) is 0 Å². The topological polar surface area (TPSA) is 34.5 Å². The molecule has 0 N–H and O–H groups in total. The third-order valence-electron chi connectivity index (χ3n) is 4.90. The van der Waals surface area contributed by atoms with Crippen molar-refractivity contribution in [2.24, 2.45) is 7.05 Å². The van der Waals surface area contributed by atoms with E-state index in [0.717, 1.165) is 24.8 Å². The van der Waals surface area contributed by atoms with Crippen LogP contribution in [0.25, 0.3) is 10.9 Å². The van der Waals surface area contributed by atoms with Crippen molar-refractivity contribution < 1.29 is 42.2 Å². The fourth-order valence-corrected chi connectivity index (χ4v) is 3.62. The van der Waals surface area contributed by atoms with Gasteiger partial charge in [0.15, 0.2) is 0 Å². The van der Waals surface area contributed by atoms with E-state index in [1.165, 1.54) is 22.2 Å². The van der Waals surface area contributed by atoms with Crippen LogP contribution in [0.15, 0.2) is 12.1 Å². The first-order valence-electron chi connectivity index (χ1n) is 8.61. The van der Waals surface area contributed by atoms with Gasteiger partial charge in [-0.05, 0) is 52.6 Å². The van der Waals surface area contributed by atoms with E-state index in [0.29, 0.717) is 0 Å². The van der Waals surface area contributed by atoms with E-state index < -0.39 is 5.60 Å². The second-order valence-electron chi connectivity index (χ2n) is 7.89. The molecule has 1 heterocycles. The first kappa shape index (κ1) is 20.4. The minimum atomic E-state index is -0.461. The van der Waals surface area contributed by atoms with Gasteiger partial charge >= 0.3 is 6.09 Å². The van der Waals surface area contributed by atoms with Gasteiger partial charge in [-0.2, -0.15) is 23.8 Å². The Labute approximate surface area is 175 Å². The van der Waals surface area contributed by atoms with Crippen molar-refractivity contribution in [2.75, 3.05) is 7.05 Å². The van der Waals surface area contributed by atoms with Crippen molar-refractivity contribution in [3.8, 4) is 0 Å². The quantitative estimate of drug-likeness (QED) is 0.659. The van der Waals surface area contributed by atoms with E-state index in [4.69, 9.17) is 4.74 Å². The van der Waals surface area contributed by atoms with Crippen molar-refractivity contribution >= 4 is 17.0 Å². The summed E-state index contributed by atoms with van der Waals surface area (Å²) in [7, 11) is 3.98. The van der Waals surface area contributed by atoms with Crippen molar-refractivity contribution in [3.63, 3.8) is 0 Å². The maximum atomic E-state index is 12.4. The summed E-state index contributed by atoms with van der Waals surface area (Å²) in [6.07, 6.45) is 2.60. The molecule has 1 aromatic heterocycles. The minimum Gasteiger partial charge on any atom is -0.444 e. The molecule has 3 rings (SSSR count). The number of benzene rings is 1. The predicted molar refractivity (Wildman–Crippen MR) is 96.3 cm³/mol. The molecule has 1 amide bonds. The number of amides is 1. The maximum absolute atomic E-state index is 12.4. The van der Waals surface area contributed by atoms with Crippen LogP contribution in [-0.2, 0) is 57.3 Å². The monoisotopic (exact) mass is 416 g/mol. The molecule has 133 valence electrons. The van der Waals surface area contributed by atoms with Gasteiger partial charge in [0, 0.05) is 51.5 Å². The molecule has 1 unspecified atom stereocenters. The molecule has 0 bridgehead atoms. The number of carbonyl (C=O) groups is 1. The molecule has 1 aliphatic carbocycles. The molecule has 25 heavy (non-hydrogen) atoms. The van der Waals surface area contributed by atoms with Crippen LogP contribution >= 0.6 is 0 Å². The van der Waals surface area contributed by atoms with Gasteiger partial charge in [-0.25, -0.2) is 4.79 Å². The Balaban J connectivity index is 0.00000225. The minimum absolute atomic E-state index is 0. The number of nitrogens with zero attached hydrogens (tertiary/aromatic N) is 2. The van der Waals surface area contributed by atoms with Crippen LogP contribution in [0.3, 0.4) is 0 Å². The summed E-state index contributed by atoms with van der Waals surface area (Å²) >= 11 is 0. The molecule has 4 nitrogen and oxygen atoms in total. The first-order valence-corrected chi connectivity index (χ1v) is 8.61. The maximum Gasteiger partial charge on any atom is 0.410 e. The van der Waals surface area contributed by atoms with Crippen LogP contribution in [0, 0.1) is 13.0 Å². The molecule has 1 radical (unpaired) electrons. The average molecular weight is 416 g/mol. The van der Waals surface area contributed by atoms with Crippen molar-refractivity contribution in [3.05, 3.63) is 35.0 Å². The summed E-state index contributed by atoms with van der Waals surface area (Å²) in [4.78, 5) is 14.2. The standard InChI is InChI=1S/C20H27N2O2.Y/c1-13-7-9-17-15(11-13)16-12-14(8-10-18(16)22(17)6)21(5)19(23)24-20(2,3)4;/h9,11,14H,8,10,12H2,1-6H3;/q-1;. The summed E-state index contributed by atoms with van der Waals surface area (Å²) in [5, 5.41) is 1.30. The van der Waals surface area contributed by atoms with E-state index >= 15 is 0 Å². The van der Waals surface area contributed by atoms with Crippen LogP contribution in [0.1, 0.15) is 44.0 Å². The summed E-state index contributed by atoms with van der Waals surface area (Å²) in [5.41, 5.74) is 4.68. The van der Waals surface area contributed by atoms with Gasteiger partial charge in [-0.1, -0.05) is 12.4 Å². The Morgan fingerprint density at radius 2 is 2.08 bits per heavy atom. The number of carbonyl (C=O) groups excluding carboxylic acids is 1. The molecular formula is C20H27N2O2Y-. The predicted octanol–water partition coefficient (Wildman–Crippen LogP) is 4.01. The second kappa shape index (κ2) is 7.40. The van der Waals surface area contributed by atoms with E-state index in [-0.39, 0.29) is 44.8 Å². The van der Waals surface area contributed by atoms with E-state index in [2.05, 4.69) is 36.7 Å². The second-order valence-corrected chi connectivity index (χ2v) is 7.89. The Morgan fingerprint density at radius 1 is 1.40 bits per heavy atom. The van der Waals surface area contributed by atoms with Crippen LogP contribution in [-0.4, -0.2) is 34.3 Å². The number of aryl methyl sites for hydroxylation is 2. The third kappa shape index (κ3) is 4.11. The van der Waals surface area contributed by atoms with Gasteiger partial charge < -0.3 is 14.2 Å². The molecule has 0 spiro atoms. The van der Waals surface area contributed by atoms with E-state index in [1.54, 1.807) is 4.90 Å². The van der Waals surface area contributed by atoms with Crippen molar-refractivity contribution in [1.82, 2.24) is 9.47 Å². The van der Waals surface area contributed by atoms with Gasteiger partial charge in [0.25, 0.3) is 0 Å². The van der Waals surface area contributed by atoms with E-state index in [1.807, 2.05) is 27.8 Å². The van der Waals surface area contributed by atoms with Crippen molar-refractivity contribution in [2.45, 2.75) is 58.6 Å². The number of rotatable bonds is 1. The summed E-state index contributed by atoms with van der Waals surface area (Å²) < 4.78 is 7.81. The number of likely N-dealkylation sites (N-methyl/N-ethyl adjacent to an activating group) is 1. The Hall–Kier alpha value is -0.866. The van der Waals surface area contributed by atoms with Crippen LogP contribution in [0.2, 0.25) is 0 Å². The molecule has 1 aliphatic rings. The molecule has 5 heteroatoms. The molecule has 0 saturated heterocycles. The Kier molecular flexibility index (Phi) is 6.05. The van der Waals surface area contributed by atoms with Gasteiger partial charge in [-0.15, -0.1) is 5.39 Å². The smallest absolute Gasteiger partial charge is 0.410 e. The van der Waals surface area contributed by atoms with E-state index in [9.17, 15) is 4.79 Å². The zero-order valence-electron chi connectivity index (χ0n) is 16.1. The summed E-state index contributed by atoms with van der Waals surface area (Å²) in [5.74, 6) is 0. The average Bonchev–Trinajstić information content (AvgIpc) is 2.77. The number of hydrogen-bond acceptors (Lipinski definition) is 2. The van der Waals surface area contributed by atoms with Gasteiger partial charge in [0.1, 0.15) is 5.60 Å². The molecule has 0 fully saturated rings. The third-order valence-corrected chi connectivity index (χ3v) is 4.90. The van der Waals surface area contributed by atoms with Crippen LogP contribution in [0.4, 0.5) is 4.79 Å². The number of ether oxygens (including phenoxy) is 1. The number of hydrogen-bond donors (Lipinski definition) is 0. The SMILES string of the molecule is Cc1[c-]cc2c(c1)c1c(n2C)CCC(N(C)C(=O)OC(C)(C)C)C1.[Y]. The normalized spacial score (nSPS) is 17.0. The van der Waals surface area contributed by atoms with Crippen LogP contribution < -0.4 is 0 Å². The Morgan fingerprint density at radius 3 is 2.72 bits per heavy atom. The summed E-state index contributed by atoms with van der Waals surface area (Å²) in [6, 6.07) is 7.77. The first-order chi connectivity index (χ1) is 11.2. The van der Waals surface area contributed by atoms with Crippen LogP contribution in [0.5, 0.6) is 0 Å². The molecule has 1 aromatic carbocycles. The number of aromatic nitrogens is 1. The molecule has 2 aromatic rings. The Bertz CT molecular complexity index is 789. The summed E-state index contributed by atoms with van der Waals surface area (Å²) in [6.45, 7) is 7.79. The van der Waals surface area contributed by atoms with Gasteiger partial charge in [0.2, 0.25) is 0 Å². The fraction of sp³-hybridized carbons (Fsp3) is 0.550. The molecule has 0 aliphatic heterocycles. The molecular weight excluding hydrogens is 389 g/mol. The molecule has 0 saturated carbocycles. The number of fused-ring (bicyclic) bond motifs is 3. The zero-order valence-corrected chi connectivity index (χ0v) is 19.0.